The Labute approximate surface area is 176 Å². The number of nitrogens with zero attached hydrogens (tertiary/aromatic N) is 2. The van der Waals surface area contributed by atoms with Crippen LogP contribution in [0, 0.1) is 10.1 Å². The smallest absolute Gasteiger partial charge is 0.282 e. The summed E-state index contributed by atoms with van der Waals surface area (Å²) >= 11 is 5.84. The highest BCUT2D eigenvalue weighted by Crippen LogP contribution is 2.34. The molecule has 1 heterocycles. The average molecular weight is 425 g/mol. The molecular weight excluding hydrogens is 408 g/mol. The van der Waals surface area contributed by atoms with Crippen LogP contribution in [0.5, 0.6) is 5.75 Å². The van der Waals surface area contributed by atoms with Crippen molar-refractivity contribution in [2.45, 2.75) is 25.7 Å². The zero-order valence-corrected chi connectivity index (χ0v) is 16.6. The van der Waals surface area contributed by atoms with Crippen LogP contribution in [-0.4, -0.2) is 20.4 Å². The summed E-state index contributed by atoms with van der Waals surface area (Å²) in [5, 5.41) is 22.4. The molecule has 0 spiro atoms. The number of aromatic nitrogens is 1. The summed E-state index contributed by atoms with van der Waals surface area (Å²) < 4.78 is 1.43. The van der Waals surface area contributed by atoms with Crippen LogP contribution in [0.1, 0.15) is 40.0 Å². The largest absolute Gasteiger partial charge is 0.507 e. The molecule has 1 aliphatic rings. The number of fused-ring (bicyclic) bond motifs is 1. The Hall–Kier alpha value is -3.45. The summed E-state index contributed by atoms with van der Waals surface area (Å²) in [6.45, 7) is 0. The van der Waals surface area contributed by atoms with Crippen molar-refractivity contribution in [3.63, 3.8) is 0 Å². The molecule has 0 aliphatic heterocycles. The van der Waals surface area contributed by atoms with Crippen LogP contribution in [0.3, 0.4) is 0 Å². The molecule has 0 unspecified atom stereocenters. The van der Waals surface area contributed by atoms with Gasteiger partial charge in [-0.3, -0.25) is 24.3 Å². The van der Waals surface area contributed by atoms with Gasteiger partial charge in [-0.15, -0.1) is 0 Å². The molecule has 8 heteroatoms. The predicted octanol–water partition coefficient (Wildman–Crippen LogP) is 4.21. The SMILES string of the molecule is O=C(c1ccc(Cl)cc1[N+](=O)[O-])c1c(O)c2c(n(-c3ccccc3)c1=O)CCCC2. The van der Waals surface area contributed by atoms with Crippen LogP contribution in [0.4, 0.5) is 5.69 Å². The third-order valence-corrected chi connectivity index (χ3v) is 5.53. The predicted molar refractivity (Wildman–Crippen MR) is 112 cm³/mol. The van der Waals surface area contributed by atoms with Crippen molar-refractivity contribution < 1.29 is 14.8 Å². The van der Waals surface area contributed by atoms with Crippen molar-refractivity contribution in [3.05, 3.63) is 96.4 Å². The minimum absolute atomic E-state index is 0.0922. The van der Waals surface area contributed by atoms with E-state index in [1.165, 1.54) is 16.7 Å². The van der Waals surface area contributed by atoms with Crippen LogP contribution in [0.2, 0.25) is 5.02 Å². The first-order chi connectivity index (χ1) is 14.4. The number of para-hydroxylation sites is 1. The molecule has 1 N–H and O–H groups in total. The van der Waals surface area contributed by atoms with Gasteiger partial charge in [0.05, 0.1) is 4.92 Å². The molecule has 0 amide bonds. The Balaban J connectivity index is 2.01. The van der Waals surface area contributed by atoms with E-state index in [0.717, 1.165) is 18.9 Å². The minimum atomic E-state index is -0.904. The quantitative estimate of drug-likeness (QED) is 0.384. The van der Waals surface area contributed by atoms with Gasteiger partial charge in [0.15, 0.2) is 0 Å². The number of hydrogen-bond donors (Lipinski definition) is 1. The van der Waals surface area contributed by atoms with Crippen molar-refractivity contribution in [2.24, 2.45) is 0 Å². The lowest BCUT2D eigenvalue weighted by atomic mass is 9.91. The molecule has 30 heavy (non-hydrogen) atoms. The number of nitro groups is 1. The molecular formula is C22H17ClN2O5. The lowest BCUT2D eigenvalue weighted by Gasteiger charge is -2.23. The normalized spacial score (nSPS) is 13.0. The Morgan fingerprint density at radius 2 is 1.80 bits per heavy atom. The second kappa shape index (κ2) is 7.76. The van der Waals surface area contributed by atoms with Gasteiger partial charge in [0.1, 0.15) is 16.9 Å². The van der Waals surface area contributed by atoms with Gasteiger partial charge < -0.3 is 5.11 Å². The van der Waals surface area contributed by atoms with Crippen molar-refractivity contribution in [2.75, 3.05) is 0 Å². The maximum Gasteiger partial charge on any atom is 0.282 e. The molecule has 0 atom stereocenters. The van der Waals surface area contributed by atoms with E-state index >= 15 is 0 Å². The average Bonchev–Trinajstić information content (AvgIpc) is 2.74. The van der Waals surface area contributed by atoms with Gasteiger partial charge >= 0.3 is 0 Å². The molecule has 7 nitrogen and oxygen atoms in total. The van der Waals surface area contributed by atoms with Crippen molar-refractivity contribution in [1.29, 1.82) is 0 Å². The summed E-state index contributed by atoms with van der Waals surface area (Å²) in [5.41, 5.74) is -0.219. The van der Waals surface area contributed by atoms with Crippen LogP contribution in [0.25, 0.3) is 5.69 Å². The van der Waals surface area contributed by atoms with Gasteiger partial charge in [0, 0.05) is 28.0 Å². The Kier molecular flexibility index (Phi) is 5.13. The second-order valence-corrected chi connectivity index (χ2v) is 7.52. The topological polar surface area (TPSA) is 102 Å². The standard InChI is InChI=1S/C22H17ClN2O5/c23-13-10-11-16(18(12-13)25(29)30)21(27)19-20(26)15-8-4-5-9-17(15)24(22(19)28)14-6-2-1-3-7-14/h1-3,6-7,10-12,26H,4-5,8-9H2. The number of aromatic hydroxyl groups is 1. The van der Waals surface area contributed by atoms with Gasteiger partial charge in [-0.2, -0.15) is 0 Å². The summed E-state index contributed by atoms with van der Waals surface area (Å²) in [7, 11) is 0. The molecule has 0 saturated heterocycles. The van der Waals surface area contributed by atoms with Crippen LogP contribution in [0.15, 0.2) is 53.3 Å². The lowest BCUT2D eigenvalue weighted by Crippen LogP contribution is -2.31. The molecule has 0 radical (unpaired) electrons. The third kappa shape index (κ3) is 3.27. The van der Waals surface area contributed by atoms with E-state index < -0.39 is 33.3 Å². The maximum absolute atomic E-state index is 13.4. The van der Waals surface area contributed by atoms with E-state index in [-0.39, 0.29) is 10.6 Å². The Morgan fingerprint density at radius 1 is 1.10 bits per heavy atom. The number of carbonyl (C=O) groups is 1. The zero-order valence-electron chi connectivity index (χ0n) is 15.8. The number of hydrogen-bond acceptors (Lipinski definition) is 5. The first-order valence-electron chi connectivity index (χ1n) is 9.44. The fraction of sp³-hybridized carbons (Fsp3) is 0.182. The first kappa shape index (κ1) is 19.8. The minimum Gasteiger partial charge on any atom is -0.507 e. The second-order valence-electron chi connectivity index (χ2n) is 7.08. The maximum atomic E-state index is 13.4. The summed E-state index contributed by atoms with van der Waals surface area (Å²) in [6, 6.07) is 12.4. The van der Waals surface area contributed by atoms with Gasteiger partial charge in [-0.1, -0.05) is 29.8 Å². The van der Waals surface area contributed by atoms with Crippen LogP contribution < -0.4 is 5.56 Å². The molecule has 152 valence electrons. The van der Waals surface area contributed by atoms with Crippen LogP contribution in [-0.2, 0) is 12.8 Å². The number of benzene rings is 2. The van der Waals surface area contributed by atoms with E-state index in [1.54, 1.807) is 24.3 Å². The van der Waals surface area contributed by atoms with E-state index in [9.17, 15) is 24.8 Å². The molecule has 0 bridgehead atoms. The number of halogens is 1. The molecule has 3 aromatic rings. The summed E-state index contributed by atoms with van der Waals surface area (Å²) in [5.74, 6) is -1.30. The van der Waals surface area contributed by atoms with E-state index in [0.29, 0.717) is 29.8 Å². The summed E-state index contributed by atoms with van der Waals surface area (Å²) in [6.07, 6.45) is 2.76. The Bertz CT molecular complexity index is 1230. The van der Waals surface area contributed by atoms with Gasteiger partial charge in [0.25, 0.3) is 11.2 Å². The molecule has 2 aromatic carbocycles. The summed E-state index contributed by atoms with van der Waals surface area (Å²) in [4.78, 5) is 37.4. The monoisotopic (exact) mass is 424 g/mol. The molecule has 0 saturated carbocycles. The number of rotatable bonds is 4. The van der Waals surface area contributed by atoms with Gasteiger partial charge in [-0.05, 0) is 49.9 Å². The fourth-order valence-corrected chi connectivity index (χ4v) is 4.08. The highest BCUT2D eigenvalue weighted by molar-refractivity contribution is 6.31. The first-order valence-corrected chi connectivity index (χ1v) is 9.81. The number of carbonyl (C=O) groups excluding carboxylic acids is 1. The number of ketones is 1. The van der Waals surface area contributed by atoms with Crippen molar-refractivity contribution in [3.8, 4) is 11.4 Å². The van der Waals surface area contributed by atoms with Crippen molar-refractivity contribution >= 4 is 23.1 Å². The third-order valence-electron chi connectivity index (χ3n) is 5.29. The van der Waals surface area contributed by atoms with Crippen molar-refractivity contribution in [1.82, 2.24) is 4.57 Å². The fourth-order valence-electron chi connectivity index (χ4n) is 3.92. The molecule has 1 aromatic heterocycles. The van der Waals surface area contributed by atoms with Crippen LogP contribution >= 0.6 is 11.6 Å². The van der Waals surface area contributed by atoms with E-state index in [2.05, 4.69) is 0 Å². The molecule has 4 rings (SSSR count). The number of nitro benzene ring substituents is 1. The highest BCUT2D eigenvalue weighted by Gasteiger charge is 2.31. The van der Waals surface area contributed by atoms with E-state index in [1.807, 2.05) is 6.07 Å². The van der Waals surface area contributed by atoms with Gasteiger partial charge in [0.2, 0.25) is 5.78 Å². The zero-order chi connectivity index (χ0) is 21.4. The van der Waals surface area contributed by atoms with Gasteiger partial charge in [-0.25, -0.2) is 0 Å². The molecule has 0 fully saturated rings. The lowest BCUT2D eigenvalue weighted by molar-refractivity contribution is -0.385. The molecule has 1 aliphatic carbocycles. The number of pyridine rings is 1. The van der Waals surface area contributed by atoms with E-state index in [4.69, 9.17) is 11.6 Å². The highest BCUT2D eigenvalue weighted by atomic mass is 35.5. The Morgan fingerprint density at radius 3 is 2.50 bits per heavy atom.